The molecule has 2 aromatic rings. The Morgan fingerprint density at radius 2 is 1.44 bits per heavy atom. The highest BCUT2D eigenvalue weighted by Gasteiger charge is 2.32. The molecule has 0 aliphatic carbocycles. The SMILES string of the molecule is CN1c2ccccc2C(C(=O)O)c2ccccc21. The fourth-order valence-electron chi connectivity index (χ4n) is 2.64. The fraction of sp³-hybridized carbons (Fsp3) is 0.133. The summed E-state index contributed by atoms with van der Waals surface area (Å²) in [6.45, 7) is 0. The molecule has 0 saturated heterocycles. The predicted octanol–water partition coefficient (Wildman–Crippen LogP) is 2.98. The van der Waals surface area contributed by atoms with Gasteiger partial charge in [0.15, 0.2) is 0 Å². The van der Waals surface area contributed by atoms with Crippen LogP contribution in [0.4, 0.5) is 11.4 Å². The molecule has 1 heterocycles. The Morgan fingerprint density at radius 3 is 1.89 bits per heavy atom. The quantitative estimate of drug-likeness (QED) is 0.831. The number of benzene rings is 2. The van der Waals surface area contributed by atoms with Gasteiger partial charge in [0.2, 0.25) is 0 Å². The largest absolute Gasteiger partial charge is 0.481 e. The molecule has 0 spiro atoms. The normalized spacial score (nSPS) is 13.9. The number of hydrogen-bond donors (Lipinski definition) is 1. The lowest BCUT2D eigenvalue weighted by Gasteiger charge is -2.33. The Kier molecular flexibility index (Phi) is 2.33. The Bertz CT molecular complexity index is 574. The molecule has 3 nitrogen and oxygen atoms in total. The third kappa shape index (κ3) is 1.40. The first-order chi connectivity index (χ1) is 8.70. The molecule has 0 bridgehead atoms. The Labute approximate surface area is 105 Å². The van der Waals surface area contributed by atoms with Crippen molar-refractivity contribution in [1.82, 2.24) is 0 Å². The van der Waals surface area contributed by atoms with E-state index in [-0.39, 0.29) is 0 Å². The Balaban J connectivity index is 2.30. The van der Waals surface area contributed by atoms with Crippen molar-refractivity contribution >= 4 is 17.3 Å². The van der Waals surface area contributed by atoms with Gasteiger partial charge in [0.25, 0.3) is 0 Å². The summed E-state index contributed by atoms with van der Waals surface area (Å²) in [6, 6.07) is 15.3. The third-order valence-corrected chi connectivity index (χ3v) is 3.47. The Hall–Kier alpha value is -2.29. The van der Waals surface area contributed by atoms with Crippen LogP contribution in [0.2, 0.25) is 0 Å². The maximum atomic E-state index is 11.6. The molecule has 0 aromatic heterocycles. The minimum absolute atomic E-state index is 0.575. The number of carboxylic acids is 1. The molecular formula is C15H13NO2. The minimum Gasteiger partial charge on any atom is -0.481 e. The first-order valence-electron chi connectivity index (χ1n) is 5.84. The number of para-hydroxylation sites is 2. The lowest BCUT2D eigenvalue weighted by molar-refractivity contribution is -0.137. The van der Waals surface area contributed by atoms with Gasteiger partial charge in [0.05, 0.1) is 0 Å². The van der Waals surface area contributed by atoms with Crippen LogP contribution < -0.4 is 4.90 Å². The average molecular weight is 239 g/mol. The summed E-state index contributed by atoms with van der Waals surface area (Å²) >= 11 is 0. The zero-order chi connectivity index (χ0) is 12.7. The van der Waals surface area contributed by atoms with Crippen molar-refractivity contribution in [1.29, 1.82) is 0 Å². The second kappa shape index (κ2) is 3.88. The van der Waals surface area contributed by atoms with E-state index >= 15 is 0 Å². The highest BCUT2D eigenvalue weighted by molar-refractivity contribution is 5.90. The molecule has 0 atom stereocenters. The molecule has 0 unspecified atom stereocenters. The standard InChI is InChI=1S/C15H13NO2/c1-16-12-8-4-2-6-10(12)14(15(17)18)11-7-3-5-9-13(11)16/h2-9,14H,1H3,(H,17,18). The van der Waals surface area contributed by atoms with Gasteiger partial charge in [-0.2, -0.15) is 0 Å². The van der Waals surface area contributed by atoms with Crippen LogP contribution in [0.15, 0.2) is 48.5 Å². The van der Waals surface area contributed by atoms with Crippen LogP contribution in [-0.2, 0) is 4.79 Å². The van der Waals surface area contributed by atoms with E-state index in [1.165, 1.54) is 0 Å². The molecule has 0 amide bonds. The molecule has 1 N–H and O–H groups in total. The molecule has 2 aromatic carbocycles. The molecule has 18 heavy (non-hydrogen) atoms. The van der Waals surface area contributed by atoms with Crippen LogP contribution in [0.1, 0.15) is 17.0 Å². The van der Waals surface area contributed by atoms with Gasteiger partial charge in [-0.15, -0.1) is 0 Å². The van der Waals surface area contributed by atoms with Crippen LogP contribution in [0.3, 0.4) is 0 Å². The van der Waals surface area contributed by atoms with Crippen LogP contribution in [0, 0.1) is 0 Å². The monoisotopic (exact) mass is 239 g/mol. The molecule has 90 valence electrons. The molecule has 0 fully saturated rings. The molecule has 0 saturated carbocycles. The second-order valence-corrected chi connectivity index (χ2v) is 4.45. The molecule has 3 rings (SSSR count). The van der Waals surface area contributed by atoms with Crippen LogP contribution >= 0.6 is 0 Å². The second-order valence-electron chi connectivity index (χ2n) is 4.45. The Morgan fingerprint density at radius 1 is 1.00 bits per heavy atom. The topological polar surface area (TPSA) is 40.5 Å². The van der Waals surface area contributed by atoms with Crippen molar-refractivity contribution in [3.05, 3.63) is 59.7 Å². The zero-order valence-electron chi connectivity index (χ0n) is 10.00. The number of nitrogens with zero attached hydrogens (tertiary/aromatic N) is 1. The van der Waals surface area contributed by atoms with Crippen molar-refractivity contribution in [2.75, 3.05) is 11.9 Å². The maximum Gasteiger partial charge on any atom is 0.315 e. The number of carboxylic acid groups (broad SMARTS) is 1. The van der Waals surface area contributed by atoms with Gasteiger partial charge >= 0.3 is 5.97 Å². The molecular weight excluding hydrogens is 226 g/mol. The van der Waals surface area contributed by atoms with Gasteiger partial charge in [-0.25, -0.2) is 0 Å². The predicted molar refractivity (Wildman–Crippen MR) is 70.4 cm³/mol. The van der Waals surface area contributed by atoms with Crippen LogP contribution in [0.5, 0.6) is 0 Å². The van der Waals surface area contributed by atoms with Crippen molar-refractivity contribution in [2.45, 2.75) is 5.92 Å². The number of anilines is 2. The summed E-state index contributed by atoms with van der Waals surface area (Å²) in [7, 11) is 1.97. The van der Waals surface area contributed by atoms with Crippen LogP contribution in [-0.4, -0.2) is 18.1 Å². The highest BCUT2D eigenvalue weighted by Crippen LogP contribution is 2.44. The van der Waals surface area contributed by atoms with E-state index in [4.69, 9.17) is 0 Å². The smallest absolute Gasteiger partial charge is 0.315 e. The zero-order valence-corrected chi connectivity index (χ0v) is 10.00. The maximum absolute atomic E-state index is 11.6. The lowest BCUT2D eigenvalue weighted by Crippen LogP contribution is -2.25. The van der Waals surface area contributed by atoms with Gasteiger partial charge in [-0.3, -0.25) is 4.79 Å². The number of carbonyl (C=O) groups is 1. The number of rotatable bonds is 1. The summed E-state index contributed by atoms with van der Waals surface area (Å²) in [5, 5.41) is 9.50. The summed E-state index contributed by atoms with van der Waals surface area (Å²) in [4.78, 5) is 13.6. The lowest BCUT2D eigenvalue weighted by atomic mass is 9.85. The van der Waals surface area contributed by atoms with E-state index in [1.54, 1.807) is 0 Å². The molecule has 1 aliphatic rings. The summed E-state index contributed by atoms with van der Waals surface area (Å²) in [5.41, 5.74) is 3.63. The van der Waals surface area contributed by atoms with Gasteiger partial charge in [-0.1, -0.05) is 36.4 Å². The van der Waals surface area contributed by atoms with Gasteiger partial charge in [0, 0.05) is 18.4 Å². The van der Waals surface area contributed by atoms with E-state index in [9.17, 15) is 9.90 Å². The van der Waals surface area contributed by atoms with E-state index in [0.29, 0.717) is 0 Å². The van der Waals surface area contributed by atoms with Gasteiger partial charge in [0.1, 0.15) is 5.92 Å². The summed E-state index contributed by atoms with van der Waals surface area (Å²) in [5.74, 6) is -1.38. The van der Waals surface area contributed by atoms with Gasteiger partial charge < -0.3 is 10.0 Å². The number of fused-ring (bicyclic) bond motifs is 2. The first-order valence-corrected chi connectivity index (χ1v) is 5.84. The van der Waals surface area contributed by atoms with Crippen LogP contribution in [0.25, 0.3) is 0 Å². The molecule has 3 heteroatoms. The average Bonchev–Trinajstić information content (AvgIpc) is 2.39. The van der Waals surface area contributed by atoms with E-state index in [2.05, 4.69) is 0 Å². The van der Waals surface area contributed by atoms with E-state index in [0.717, 1.165) is 22.5 Å². The van der Waals surface area contributed by atoms with Crippen molar-refractivity contribution in [3.8, 4) is 0 Å². The molecule has 0 radical (unpaired) electrons. The van der Waals surface area contributed by atoms with Gasteiger partial charge in [-0.05, 0) is 23.3 Å². The van der Waals surface area contributed by atoms with E-state index in [1.807, 2.05) is 60.5 Å². The minimum atomic E-state index is -0.803. The number of hydrogen-bond acceptors (Lipinski definition) is 2. The third-order valence-electron chi connectivity index (χ3n) is 3.47. The molecule has 1 aliphatic heterocycles. The highest BCUT2D eigenvalue weighted by atomic mass is 16.4. The summed E-state index contributed by atoms with van der Waals surface area (Å²) in [6.07, 6.45) is 0. The first kappa shape index (κ1) is 10.8. The fourth-order valence-corrected chi connectivity index (χ4v) is 2.64. The van der Waals surface area contributed by atoms with Crippen molar-refractivity contribution < 1.29 is 9.90 Å². The van der Waals surface area contributed by atoms with E-state index < -0.39 is 11.9 Å². The number of aliphatic carboxylic acids is 1. The van der Waals surface area contributed by atoms with Crippen molar-refractivity contribution in [2.24, 2.45) is 0 Å². The van der Waals surface area contributed by atoms with Crippen molar-refractivity contribution in [3.63, 3.8) is 0 Å². The summed E-state index contributed by atoms with van der Waals surface area (Å²) < 4.78 is 0.